The van der Waals surface area contributed by atoms with Gasteiger partial charge in [-0.25, -0.2) is 0 Å². The minimum atomic E-state index is -0.0878. The number of rotatable bonds is 2. The van der Waals surface area contributed by atoms with E-state index in [9.17, 15) is 4.79 Å². The minimum Gasteiger partial charge on any atom is -0.398 e. The maximum absolute atomic E-state index is 12.9. The molecule has 3 aromatic rings. The largest absolute Gasteiger partial charge is 0.398 e. The van der Waals surface area contributed by atoms with Crippen LogP contribution in [0.4, 0.5) is 5.69 Å². The van der Waals surface area contributed by atoms with E-state index in [1.807, 2.05) is 42.5 Å². The second-order valence-electron chi connectivity index (χ2n) is 5.72. The zero-order valence-corrected chi connectivity index (χ0v) is 13.3. The fourth-order valence-corrected chi connectivity index (χ4v) is 4.21. The van der Waals surface area contributed by atoms with E-state index < -0.39 is 0 Å². The molecule has 0 radical (unpaired) electrons. The molecule has 1 atom stereocenters. The molecule has 1 aliphatic heterocycles. The van der Waals surface area contributed by atoms with Crippen LogP contribution in [0.5, 0.6) is 0 Å². The summed E-state index contributed by atoms with van der Waals surface area (Å²) in [5.74, 6) is 0.837. The summed E-state index contributed by atoms with van der Waals surface area (Å²) < 4.78 is 0. The number of benzene rings is 2. The summed E-state index contributed by atoms with van der Waals surface area (Å²) in [5, 5.41) is 0.778. The molecule has 1 aliphatic rings. The molecule has 2 aromatic carbocycles. The summed E-state index contributed by atoms with van der Waals surface area (Å²) in [5.41, 5.74) is 10.4. The highest BCUT2D eigenvalue weighted by Gasteiger charge is 2.31. The van der Waals surface area contributed by atoms with E-state index in [-0.39, 0.29) is 11.0 Å². The summed E-state index contributed by atoms with van der Waals surface area (Å²) in [6, 6.07) is 17.9. The molecule has 0 saturated heterocycles. The van der Waals surface area contributed by atoms with Crippen molar-refractivity contribution in [1.82, 2.24) is 4.98 Å². The number of aromatic nitrogens is 1. The van der Waals surface area contributed by atoms with Gasteiger partial charge in [0.2, 0.25) is 0 Å². The number of pyridine rings is 1. The van der Waals surface area contributed by atoms with Crippen LogP contribution in [0.1, 0.15) is 21.6 Å². The highest BCUT2D eigenvalue weighted by molar-refractivity contribution is 8.00. The molecule has 23 heavy (non-hydrogen) atoms. The first kappa shape index (κ1) is 14.3. The van der Waals surface area contributed by atoms with Crippen LogP contribution in [0, 0.1) is 0 Å². The first-order chi connectivity index (χ1) is 11.2. The molecule has 1 unspecified atom stereocenters. The Balaban J connectivity index is 1.75. The molecule has 114 valence electrons. The van der Waals surface area contributed by atoms with Crippen molar-refractivity contribution in [1.29, 1.82) is 0 Å². The van der Waals surface area contributed by atoms with Crippen molar-refractivity contribution in [3.05, 3.63) is 71.4 Å². The maximum atomic E-state index is 12.9. The van der Waals surface area contributed by atoms with Gasteiger partial charge in [-0.05, 0) is 18.1 Å². The van der Waals surface area contributed by atoms with Crippen LogP contribution in [0.15, 0.2) is 54.6 Å². The van der Waals surface area contributed by atoms with Crippen LogP contribution in [-0.2, 0) is 12.2 Å². The van der Waals surface area contributed by atoms with Crippen molar-refractivity contribution < 1.29 is 4.79 Å². The minimum absolute atomic E-state index is 0.0878. The predicted octanol–water partition coefficient (Wildman–Crippen LogP) is 3.86. The van der Waals surface area contributed by atoms with Gasteiger partial charge in [-0.1, -0.05) is 48.5 Å². The quantitative estimate of drug-likeness (QED) is 0.779. The summed E-state index contributed by atoms with van der Waals surface area (Å²) in [6.07, 6.45) is 0.732. The lowest BCUT2D eigenvalue weighted by Gasteiger charge is -2.24. The lowest BCUT2D eigenvalue weighted by Crippen LogP contribution is -2.27. The monoisotopic (exact) mass is 320 g/mol. The number of thioether (sulfide) groups is 1. The Hall–Kier alpha value is -2.33. The lowest BCUT2D eigenvalue weighted by atomic mass is 9.97. The smallest absolute Gasteiger partial charge is 0.180 e. The number of carbonyl (C=O) groups excluding carboxylic acids is 1. The van der Waals surface area contributed by atoms with Gasteiger partial charge in [0.05, 0.1) is 27.7 Å². The summed E-state index contributed by atoms with van der Waals surface area (Å²) in [6.45, 7) is 0. The standard InChI is InChI=1S/C19H16N2OS/c20-18-13-8-4-5-9-14(13)21-15-11-23-16(19(22)17(15)18)10-12-6-2-1-3-7-12/h1-9,16H,10-11H2,(H2,20,21). The van der Waals surface area contributed by atoms with Crippen LogP contribution in [0.2, 0.25) is 0 Å². The number of Topliss-reactive ketones (excluding diaryl/α,β-unsaturated/α-hetero) is 1. The normalized spacial score (nSPS) is 17.2. The molecule has 3 nitrogen and oxygen atoms in total. The van der Waals surface area contributed by atoms with Gasteiger partial charge in [-0.2, -0.15) is 0 Å². The topological polar surface area (TPSA) is 56.0 Å². The third-order valence-electron chi connectivity index (χ3n) is 4.23. The van der Waals surface area contributed by atoms with Gasteiger partial charge in [0.1, 0.15) is 0 Å². The number of ketones is 1. The number of hydrogen-bond acceptors (Lipinski definition) is 4. The van der Waals surface area contributed by atoms with Gasteiger partial charge in [-0.3, -0.25) is 9.78 Å². The summed E-state index contributed by atoms with van der Waals surface area (Å²) >= 11 is 1.66. The zero-order chi connectivity index (χ0) is 15.8. The summed E-state index contributed by atoms with van der Waals surface area (Å²) in [4.78, 5) is 17.6. The molecule has 0 amide bonds. The molecule has 0 aliphatic carbocycles. The molecular weight excluding hydrogens is 304 g/mol. The van der Waals surface area contributed by atoms with Crippen LogP contribution >= 0.6 is 11.8 Å². The fourth-order valence-electron chi connectivity index (χ4n) is 3.07. The van der Waals surface area contributed by atoms with Gasteiger partial charge in [0.25, 0.3) is 0 Å². The van der Waals surface area contributed by atoms with E-state index in [1.54, 1.807) is 11.8 Å². The van der Waals surface area contributed by atoms with Crippen molar-refractivity contribution in [3.63, 3.8) is 0 Å². The average Bonchev–Trinajstić information content (AvgIpc) is 2.58. The van der Waals surface area contributed by atoms with E-state index in [4.69, 9.17) is 5.73 Å². The number of fused-ring (bicyclic) bond motifs is 2. The van der Waals surface area contributed by atoms with E-state index in [0.29, 0.717) is 11.3 Å². The molecule has 4 heteroatoms. The maximum Gasteiger partial charge on any atom is 0.180 e. The lowest BCUT2D eigenvalue weighted by molar-refractivity contribution is 0.0987. The molecule has 0 bridgehead atoms. The Labute approximate surface area is 138 Å². The zero-order valence-electron chi connectivity index (χ0n) is 12.5. The second-order valence-corrected chi connectivity index (χ2v) is 6.91. The Morgan fingerprint density at radius 3 is 2.65 bits per heavy atom. The predicted molar refractivity (Wildman–Crippen MR) is 95.7 cm³/mol. The van der Waals surface area contributed by atoms with Crippen molar-refractivity contribution in [2.24, 2.45) is 0 Å². The summed E-state index contributed by atoms with van der Waals surface area (Å²) in [7, 11) is 0. The molecule has 2 N–H and O–H groups in total. The first-order valence-corrected chi connectivity index (χ1v) is 8.66. The molecule has 0 spiro atoms. The number of nitrogens with two attached hydrogens (primary N) is 1. The number of nitrogens with zero attached hydrogens (tertiary/aromatic N) is 1. The van der Waals surface area contributed by atoms with Gasteiger partial charge < -0.3 is 5.73 Å². The fraction of sp³-hybridized carbons (Fsp3) is 0.158. The van der Waals surface area contributed by atoms with Gasteiger partial charge in [-0.15, -0.1) is 11.8 Å². The highest BCUT2D eigenvalue weighted by atomic mass is 32.2. The molecule has 4 rings (SSSR count). The van der Waals surface area contributed by atoms with Crippen LogP contribution in [0.25, 0.3) is 10.9 Å². The van der Waals surface area contributed by atoms with E-state index in [0.717, 1.165) is 28.8 Å². The molecular formula is C19H16N2OS. The van der Waals surface area contributed by atoms with E-state index in [2.05, 4.69) is 17.1 Å². The average molecular weight is 320 g/mol. The molecule has 1 aromatic heterocycles. The second kappa shape index (κ2) is 5.70. The highest BCUT2D eigenvalue weighted by Crippen LogP contribution is 2.36. The Morgan fingerprint density at radius 2 is 1.83 bits per heavy atom. The van der Waals surface area contributed by atoms with Gasteiger partial charge >= 0.3 is 0 Å². The number of nitrogen functional groups attached to an aromatic ring is 1. The number of carbonyl (C=O) groups is 1. The van der Waals surface area contributed by atoms with Crippen molar-refractivity contribution in [2.75, 3.05) is 5.73 Å². The number of anilines is 1. The van der Waals surface area contributed by atoms with Crippen molar-refractivity contribution in [3.8, 4) is 0 Å². The van der Waals surface area contributed by atoms with Gasteiger partial charge in [0, 0.05) is 11.1 Å². The third kappa shape index (κ3) is 2.49. The number of hydrogen-bond donors (Lipinski definition) is 1. The Morgan fingerprint density at radius 1 is 1.09 bits per heavy atom. The molecule has 0 fully saturated rings. The van der Waals surface area contributed by atoms with Crippen LogP contribution < -0.4 is 5.73 Å². The Bertz CT molecular complexity index is 893. The number of para-hydroxylation sites is 1. The molecule has 2 heterocycles. The molecule has 0 saturated carbocycles. The van der Waals surface area contributed by atoms with Gasteiger partial charge in [0.15, 0.2) is 5.78 Å². The SMILES string of the molecule is Nc1c2c(nc3ccccc13)CSC(Cc1ccccc1)C2=O. The third-order valence-corrected chi connectivity index (χ3v) is 5.45. The van der Waals surface area contributed by atoms with Crippen LogP contribution in [-0.4, -0.2) is 16.0 Å². The Kier molecular flexibility index (Phi) is 3.54. The van der Waals surface area contributed by atoms with Crippen molar-refractivity contribution in [2.45, 2.75) is 17.4 Å². The van der Waals surface area contributed by atoms with Crippen molar-refractivity contribution >= 4 is 34.1 Å². The first-order valence-electron chi connectivity index (χ1n) is 7.61. The van der Waals surface area contributed by atoms with Crippen LogP contribution in [0.3, 0.4) is 0 Å². The van der Waals surface area contributed by atoms with E-state index in [1.165, 1.54) is 5.56 Å². The van der Waals surface area contributed by atoms with E-state index >= 15 is 0 Å².